The molecule has 7 heteroatoms. The maximum atomic E-state index is 12.0. The van der Waals surface area contributed by atoms with Crippen molar-refractivity contribution >= 4 is 15.9 Å². The van der Waals surface area contributed by atoms with Crippen LogP contribution in [0.4, 0.5) is 0 Å². The van der Waals surface area contributed by atoms with Gasteiger partial charge in [0.1, 0.15) is 0 Å². The van der Waals surface area contributed by atoms with Gasteiger partial charge in [-0.1, -0.05) is 12.1 Å². The minimum absolute atomic E-state index is 0.0296. The third-order valence-electron chi connectivity index (χ3n) is 3.59. The van der Waals surface area contributed by atoms with Crippen LogP contribution >= 0.6 is 0 Å². The number of hydrogen-bond acceptors (Lipinski definition) is 4. The first kappa shape index (κ1) is 15.0. The van der Waals surface area contributed by atoms with Crippen LogP contribution in [-0.4, -0.2) is 19.9 Å². The lowest BCUT2D eigenvalue weighted by atomic mass is 9.96. The van der Waals surface area contributed by atoms with E-state index in [1.807, 2.05) is 0 Å². The molecule has 0 bridgehead atoms. The maximum absolute atomic E-state index is 12.0. The molecule has 1 aliphatic carbocycles. The lowest BCUT2D eigenvalue weighted by molar-refractivity contribution is -0.126. The first-order valence-electron chi connectivity index (χ1n) is 6.40. The van der Waals surface area contributed by atoms with Crippen molar-refractivity contribution in [1.82, 2.24) is 5.32 Å². The van der Waals surface area contributed by atoms with E-state index in [1.165, 1.54) is 12.1 Å². The van der Waals surface area contributed by atoms with Gasteiger partial charge in [0.2, 0.25) is 15.9 Å². The number of benzene rings is 1. The summed E-state index contributed by atoms with van der Waals surface area (Å²) in [5.41, 5.74) is 5.80. The maximum Gasteiger partial charge on any atom is 0.240 e. The number of hydrogen-bond donors (Lipinski definition) is 3. The summed E-state index contributed by atoms with van der Waals surface area (Å²) in [6.07, 6.45) is 1.95. The Bertz CT molecular complexity index is 622. The Morgan fingerprint density at radius 2 is 2.10 bits per heavy atom. The molecule has 0 aliphatic heterocycles. The molecule has 0 spiro atoms. The zero-order chi connectivity index (χ0) is 15.0. The molecule has 5 N–H and O–H groups in total. The quantitative estimate of drug-likeness (QED) is 0.713. The van der Waals surface area contributed by atoms with Crippen molar-refractivity contribution in [3.05, 3.63) is 29.8 Å². The molecule has 1 aromatic rings. The molecule has 0 aromatic heterocycles. The van der Waals surface area contributed by atoms with E-state index in [0.717, 1.165) is 12.8 Å². The van der Waals surface area contributed by atoms with E-state index in [1.54, 1.807) is 19.1 Å². The fourth-order valence-corrected chi connectivity index (χ4v) is 2.66. The highest BCUT2D eigenvalue weighted by molar-refractivity contribution is 7.89. The van der Waals surface area contributed by atoms with Gasteiger partial charge in [-0.15, -0.1) is 0 Å². The monoisotopic (exact) mass is 297 g/mol. The predicted molar refractivity (Wildman–Crippen MR) is 75.0 cm³/mol. The van der Waals surface area contributed by atoms with Crippen molar-refractivity contribution in [2.24, 2.45) is 16.8 Å². The molecular weight excluding hydrogens is 278 g/mol. The normalized spacial score (nSPS) is 18.4. The fourth-order valence-electron chi connectivity index (χ4n) is 2.07. The number of rotatable bonds is 5. The number of carbonyl (C=O) groups excluding carboxylic acids is 1. The van der Waals surface area contributed by atoms with Crippen molar-refractivity contribution in [2.75, 3.05) is 0 Å². The number of nitrogens with two attached hydrogens (primary N) is 2. The number of nitrogens with one attached hydrogen (secondary N) is 1. The zero-order valence-electron chi connectivity index (χ0n) is 11.3. The second kappa shape index (κ2) is 5.16. The highest BCUT2D eigenvalue weighted by Crippen LogP contribution is 2.38. The van der Waals surface area contributed by atoms with Crippen LogP contribution < -0.4 is 16.2 Å². The molecule has 1 amide bonds. The van der Waals surface area contributed by atoms with E-state index in [0.29, 0.717) is 5.56 Å². The molecule has 6 nitrogen and oxygen atoms in total. The first-order chi connectivity index (χ1) is 9.21. The molecule has 1 atom stereocenters. The summed E-state index contributed by atoms with van der Waals surface area (Å²) in [6.45, 7) is 1.95. The third kappa shape index (κ3) is 3.36. The Kier molecular flexibility index (Phi) is 3.86. The highest BCUT2D eigenvalue weighted by Gasteiger charge is 2.43. The molecule has 110 valence electrons. The van der Waals surface area contributed by atoms with Crippen molar-refractivity contribution in [2.45, 2.75) is 36.7 Å². The van der Waals surface area contributed by atoms with Crippen LogP contribution in [0.3, 0.4) is 0 Å². The van der Waals surface area contributed by atoms with Gasteiger partial charge in [0.05, 0.1) is 10.4 Å². The first-order valence-corrected chi connectivity index (χ1v) is 7.95. The van der Waals surface area contributed by atoms with Crippen LogP contribution in [0.1, 0.15) is 25.3 Å². The average Bonchev–Trinajstić information content (AvgIpc) is 3.19. The highest BCUT2D eigenvalue weighted by atomic mass is 32.2. The van der Waals surface area contributed by atoms with Gasteiger partial charge in [-0.2, -0.15) is 0 Å². The van der Waals surface area contributed by atoms with Gasteiger partial charge < -0.3 is 11.1 Å². The van der Waals surface area contributed by atoms with Gasteiger partial charge in [0, 0.05) is 6.54 Å². The summed E-state index contributed by atoms with van der Waals surface area (Å²) in [5, 5.41) is 7.80. The number of amides is 1. The number of carbonyl (C=O) groups is 1. The van der Waals surface area contributed by atoms with E-state index in [2.05, 4.69) is 5.32 Å². The van der Waals surface area contributed by atoms with Crippen LogP contribution in [-0.2, 0) is 21.4 Å². The third-order valence-corrected chi connectivity index (χ3v) is 4.51. The van der Waals surface area contributed by atoms with E-state index >= 15 is 0 Å². The Morgan fingerprint density at radius 3 is 2.65 bits per heavy atom. The largest absolute Gasteiger partial charge is 0.350 e. The van der Waals surface area contributed by atoms with E-state index in [9.17, 15) is 13.2 Å². The molecule has 0 radical (unpaired) electrons. The van der Waals surface area contributed by atoms with E-state index < -0.39 is 15.6 Å². The molecular formula is C13H19N3O3S. The van der Waals surface area contributed by atoms with E-state index in [-0.39, 0.29) is 23.3 Å². The Labute approximate surface area is 118 Å². The second-order valence-corrected chi connectivity index (χ2v) is 6.99. The molecule has 1 aliphatic rings. The van der Waals surface area contributed by atoms with Gasteiger partial charge in [-0.05, 0) is 43.4 Å². The van der Waals surface area contributed by atoms with Gasteiger partial charge >= 0.3 is 0 Å². The minimum Gasteiger partial charge on any atom is -0.350 e. The van der Waals surface area contributed by atoms with Gasteiger partial charge in [0.15, 0.2) is 0 Å². The van der Waals surface area contributed by atoms with Crippen molar-refractivity contribution in [1.29, 1.82) is 0 Å². The molecule has 20 heavy (non-hydrogen) atoms. The summed E-state index contributed by atoms with van der Waals surface area (Å²) < 4.78 is 22.5. The number of sulfonamides is 1. The van der Waals surface area contributed by atoms with Gasteiger partial charge in [0.25, 0.3) is 0 Å². The molecule has 1 fully saturated rings. The Balaban J connectivity index is 2.02. The zero-order valence-corrected chi connectivity index (χ0v) is 12.1. The predicted octanol–water partition coefficient (Wildman–Crippen LogP) is 0.0776. The van der Waals surface area contributed by atoms with Crippen LogP contribution in [0.25, 0.3) is 0 Å². The Morgan fingerprint density at radius 1 is 1.45 bits per heavy atom. The lowest BCUT2D eigenvalue weighted by Crippen LogP contribution is -2.53. The van der Waals surface area contributed by atoms with Crippen LogP contribution in [0.15, 0.2) is 29.2 Å². The molecule has 1 aromatic carbocycles. The van der Waals surface area contributed by atoms with Gasteiger partial charge in [-0.3, -0.25) is 4.79 Å². The van der Waals surface area contributed by atoms with Crippen molar-refractivity contribution in [3.8, 4) is 0 Å². The molecule has 1 saturated carbocycles. The van der Waals surface area contributed by atoms with Crippen molar-refractivity contribution in [3.63, 3.8) is 0 Å². The van der Waals surface area contributed by atoms with Crippen molar-refractivity contribution < 1.29 is 13.2 Å². The topological polar surface area (TPSA) is 115 Å². The standard InChI is InChI=1S/C13H19N3O3S/c1-13(14,10-5-6-10)12(17)16-8-9-3-2-4-11(7-9)20(15,18)19/h2-4,7,10H,5-6,8,14H2,1H3,(H,16,17)(H2,15,18,19). The average molecular weight is 297 g/mol. The van der Waals surface area contributed by atoms with Crippen LogP contribution in [0.2, 0.25) is 0 Å². The minimum atomic E-state index is -3.73. The number of primary sulfonamides is 1. The molecule has 0 saturated heterocycles. The Hall–Kier alpha value is -1.44. The summed E-state index contributed by atoms with van der Waals surface area (Å²) >= 11 is 0. The SMILES string of the molecule is CC(N)(C(=O)NCc1cccc(S(N)(=O)=O)c1)C1CC1. The van der Waals surface area contributed by atoms with Crippen LogP contribution in [0, 0.1) is 5.92 Å². The van der Waals surface area contributed by atoms with Crippen LogP contribution in [0.5, 0.6) is 0 Å². The van der Waals surface area contributed by atoms with E-state index in [4.69, 9.17) is 10.9 Å². The smallest absolute Gasteiger partial charge is 0.240 e. The summed E-state index contributed by atoms with van der Waals surface area (Å²) in [5.74, 6) is 0.0132. The summed E-state index contributed by atoms with van der Waals surface area (Å²) in [4.78, 5) is 12.1. The molecule has 2 rings (SSSR count). The van der Waals surface area contributed by atoms with Gasteiger partial charge in [-0.25, -0.2) is 13.6 Å². The second-order valence-electron chi connectivity index (χ2n) is 5.43. The molecule has 1 unspecified atom stereocenters. The summed E-state index contributed by atoms with van der Waals surface area (Å²) in [7, 11) is -3.73. The summed E-state index contributed by atoms with van der Waals surface area (Å²) in [6, 6.07) is 6.17. The lowest BCUT2D eigenvalue weighted by Gasteiger charge is -2.23. The molecule has 0 heterocycles. The fraction of sp³-hybridized carbons (Fsp3) is 0.462.